The Labute approximate surface area is 197 Å². The van der Waals surface area contributed by atoms with Gasteiger partial charge in [0.2, 0.25) is 5.91 Å². The van der Waals surface area contributed by atoms with Gasteiger partial charge in [0.05, 0.1) is 11.1 Å². The number of hydrogen-bond donors (Lipinski definition) is 1. The molecule has 32 heavy (non-hydrogen) atoms. The van der Waals surface area contributed by atoms with Crippen LogP contribution in [0.4, 0.5) is 5.69 Å². The van der Waals surface area contributed by atoms with Gasteiger partial charge in [0, 0.05) is 17.1 Å². The fourth-order valence-electron chi connectivity index (χ4n) is 4.08. The standard InChI is InChI=1S/C25H29N3O2S2/c1-5-12-28-24(30)22-19-11-6-16(4)13-20(19)32-23(22)27-25(28)31-14-21(29)26-18-9-7-17(8-10-18)15(2)3/h5,7-10,15-16H,1,6,11-14H2,2-4H3,(H,26,29). The summed E-state index contributed by atoms with van der Waals surface area (Å²) in [7, 11) is 0. The van der Waals surface area contributed by atoms with E-state index in [1.807, 2.05) is 24.3 Å². The quantitative estimate of drug-likeness (QED) is 0.278. The minimum absolute atomic E-state index is 0.0193. The Hall–Kier alpha value is -2.38. The van der Waals surface area contributed by atoms with E-state index in [0.29, 0.717) is 23.5 Å². The second-order valence-corrected chi connectivity index (χ2v) is 10.8. The number of carbonyl (C=O) groups excluding carboxylic acids is 1. The van der Waals surface area contributed by atoms with Crippen molar-refractivity contribution in [1.29, 1.82) is 0 Å². The van der Waals surface area contributed by atoms with Crippen LogP contribution < -0.4 is 10.9 Å². The average Bonchev–Trinajstić information content (AvgIpc) is 3.12. The van der Waals surface area contributed by atoms with E-state index >= 15 is 0 Å². The number of aromatic nitrogens is 2. The second kappa shape index (κ2) is 9.63. The molecule has 1 atom stereocenters. The van der Waals surface area contributed by atoms with Gasteiger partial charge in [-0.05, 0) is 54.4 Å². The zero-order valence-electron chi connectivity index (χ0n) is 18.8. The first kappa shape index (κ1) is 22.8. The van der Waals surface area contributed by atoms with Gasteiger partial charge in [-0.1, -0.05) is 50.7 Å². The Balaban J connectivity index is 1.55. The molecule has 4 rings (SSSR count). The summed E-state index contributed by atoms with van der Waals surface area (Å²) in [6.07, 6.45) is 4.76. The second-order valence-electron chi connectivity index (χ2n) is 8.74. The molecule has 1 aromatic carbocycles. The van der Waals surface area contributed by atoms with E-state index in [0.717, 1.165) is 35.2 Å². The number of hydrogen-bond acceptors (Lipinski definition) is 5. The molecule has 0 radical (unpaired) electrons. The highest BCUT2D eigenvalue weighted by Gasteiger charge is 2.24. The maximum atomic E-state index is 13.3. The summed E-state index contributed by atoms with van der Waals surface area (Å²) in [5.74, 6) is 1.15. The summed E-state index contributed by atoms with van der Waals surface area (Å²) in [6.45, 7) is 10.7. The van der Waals surface area contributed by atoms with E-state index in [1.54, 1.807) is 22.0 Å². The zero-order chi connectivity index (χ0) is 22.8. The van der Waals surface area contributed by atoms with Crippen molar-refractivity contribution in [1.82, 2.24) is 9.55 Å². The summed E-state index contributed by atoms with van der Waals surface area (Å²) in [5, 5.41) is 4.26. The molecule has 2 aromatic heterocycles. The maximum Gasteiger partial charge on any atom is 0.263 e. The van der Waals surface area contributed by atoms with Crippen LogP contribution in [-0.2, 0) is 24.2 Å². The van der Waals surface area contributed by atoms with E-state index in [-0.39, 0.29) is 17.2 Å². The Morgan fingerprint density at radius 2 is 2.12 bits per heavy atom. The van der Waals surface area contributed by atoms with Crippen molar-refractivity contribution < 1.29 is 4.79 Å². The molecule has 0 spiro atoms. The molecule has 1 aliphatic rings. The van der Waals surface area contributed by atoms with Crippen molar-refractivity contribution in [2.24, 2.45) is 5.92 Å². The lowest BCUT2D eigenvalue weighted by molar-refractivity contribution is -0.113. The van der Waals surface area contributed by atoms with Crippen LogP contribution in [0.5, 0.6) is 0 Å². The Morgan fingerprint density at radius 1 is 1.38 bits per heavy atom. The van der Waals surface area contributed by atoms with Gasteiger partial charge in [-0.2, -0.15) is 0 Å². The summed E-state index contributed by atoms with van der Waals surface area (Å²) in [4.78, 5) is 32.8. The summed E-state index contributed by atoms with van der Waals surface area (Å²) >= 11 is 2.93. The molecule has 0 aliphatic heterocycles. The molecule has 5 nitrogen and oxygen atoms in total. The number of amides is 1. The predicted molar refractivity (Wildman–Crippen MR) is 135 cm³/mol. The van der Waals surface area contributed by atoms with Crippen molar-refractivity contribution >= 4 is 44.9 Å². The van der Waals surface area contributed by atoms with Gasteiger partial charge in [0.15, 0.2) is 5.16 Å². The molecule has 1 amide bonds. The van der Waals surface area contributed by atoms with Crippen LogP contribution in [-0.4, -0.2) is 21.2 Å². The molecule has 2 heterocycles. The van der Waals surface area contributed by atoms with Crippen LogP contribution in [0.1, 0.15) is 49.1 Å². The van der Waals surface area contributed by atoms with Gasteiger partial charge in [-0.25, -0.2) is 4.98 Å². The van der Waals surface area contributed by atoms with E-state index in [1.165, 1.54) is 27.8 Å². The molecule has 0 fully saturated rings. The van der Waals surface area contributed by atoms with E-state index in [2.05, 4.69) is 32.7 Å². The summed E-state index contributed by atoms with van der Waals surface area (Å²) in [6, 6.07) is 7.91. The number of aryl methyl sites for hydroxylation is 1. The number of fused-ring (bicyclic) bond motifs is 3. The van der Waals surface area contributed by atoms with Crippen molar-refractivity contribution in [3.63, 3.8) is 0 Å². The van der Waals surface area contributed by atoms with Crippen molar-refractivity contribution in [2.45, 2.75) is 57.7 Å². The SMILES string of the molecule is C=CCn1c(SCC(=O)Nc2ccc(C(C)C)cc2)nc2sc3c(c2c1=O)CCC(C)C3. The van der Waals surface area contributed by atoms with Gasteiger partial charge < -0.3 is 5.32 Å². The first-order chi connectivity index (χ1) is 15.4. The number of benzene rings is 1. The lowest BCUT2D eigenvalue weighted by Gasteiger charge is -2.17. The van der Waals surface area contributed by atoms with Crippen molar-refractivity contribution in [3.05, 3.63) is 63.3 Å². The number of carbonyl (C=O) groups is 1. The van der Waals surface area contributed by atoms with Gasteiger partial charge >= 0.3 is 0 Å². The third-order valence-electron chi connectivity index (χ3n) is 5.89. The van der Waals surface area contributed by atoms with Gasteiger partial charge in [-0.3, -0.25) is 14.2 Å². The molecule has 168 valence electrons. The number of thioether (sulfide) groups is 1. The van der Waals surface area contributed by atoms with Gasteiger partial charge in [0.1, 0.15) is 4.83 Å². The molecular formula is C25H29N3O2S2. The third kappa shape index (κ3) is 4.69. The van der Waals surface area contributed by atoms with Crippen LogP contribution in [0, 0.1) is 5.92 Å². The molecule has 7 heteroatoms. The fourth-order valence-corrected chi connectivity index (χ4v) is 6.32. The Bertz CT molecular complexity index is 1210. The molecule has 1 unspecified atom stereocenters. The number of rotatable bonds is 7. The van der Waals surface area contributed by atoms with Crippen LogP contribution in [0.25, 0.3) is 10.2 Å². The van der Waals surface area contributed by atoms with E-state index in [9.17, 15) is 9.59 Å². The summed E-state index contributed by atoms with van der Waals surface area (Å²) < 4.78 is 1.65. The normalized spacial score (nSPS) is 15.7. The Morgan fingerprint density at radius 3 is 2.81 bits per heavy atom. The number of allylic oxidation sites excluding steroid dienone is 1. The molecule has 0 bridgehead atoms. The van der Waals surface area contributed by atoms with Gasteiger partial charge in [-0.15, -0.1) is 17.9 Å². The Kier molecular flexibility index (Phi) is 6.86. The average molecular weight is 468 g/mol. The van der Waals surface area contributed by atoms with Crippen LogP contribution in [0.15, 0.2) is 46.9 Å². The number of nitrogens with one attached hydrogen (secondary N) is 1. The predicted octanol–water partition coefficient (Wildman–Crippen LogP) is 5.62. The highest BCUT2D eigenvalue weighted by atomic mass is 32.2. The molecule has 1 N–H and O–H groups in total. The highest BCUT2D eigenvalue weighted by molar-refractivity contribution is 7.99. The first-order valence-electron chi connectivity index (χ1n) is 11.1. The monoisotopic (exact) mass is 467 g/mol. The largest absolute Gasteiger partial charge is 0.325 e. The summed E-state index contributed by atoms with van der Waals surface area (Å²) in [5.41, 5.74) is 3.16. The van der Waals surface area contributed by atoms with Crippen LogP contribution in [0.3, 0.4) is 0 Å². The number of nitrogens with zero attached hydrogens (tertiary/aromatic N) is 2. The lowest BCUT2D eigenvalue weighted by atomic mass is 9.89. The van der Waals surface area contributed by atoms with E-state index < -0.39 is 0 Å². The molecule has 3 aromatic rings. The van der Waals surface area contributed by atoms with Crippen molar-refractivity contribution in [3.8, 4) is 0 Å². The van der Waals surface area contributed by atoms with Crippen LogP contribution in [0.2, 0.25) is 0 Å². The lowest BCUT2D eigenvalue weighted by Crippen LogP contribution is -2.24. The molecular weight excluding hydrogens is 438 g/mol. The minimum atomic E-state index is -0.119. The smallest absolute Gasteiger partial charge is 0.263 e. The molecule has 1 aliphatic carbocycles. The number of anilines is 1. The fraction of sp³-hybridized carbons (Fsp3) is 0.400. The third-order valence-corrected chi connectivity index (χ3v) is 8.01. The minimum Gasteiger partial charge on any atom is -0.325 e. The highest BCUT2D eigenvalue weighted by Crippen LogP contribution is 2.36. The van der Waals surface area contributed by atoms with Crippen molar-refractivity contribution in [2.75, 3.05) is 11.1 Å². The molecule has 0 saturated carbocycles. The zero-order valence-corrected chi connectivity index (χ0v) is 20.4. The first-order valence-corrected chi connectivity index (χ1v) is 12.9. The van der Waals surface area contributed by atoms with Gasteiger partial charge in [0.25, 0.3) is 5.56 Å². The molecule has 0 saturated heterocycles. The van der Waals surface area contributed by atoms with Crippen LogP contribution >= 0.6 is 23.1 Å². The maximum absolute atomic E-state index is 13.3. The topological polar surface area (TPSA) is 64.0 Å². The number of thiophene rings is 1. The van der Waals surface area contributed by atoms with E-state index in [4.69, 9.17) is 4.98 Å².